The van der Waals surface area contributed by atoms with E-state index in [0.717, 1.165) is 31.0 Å². The number of carbonyl (C=O) groups is 1. The summed E-state index contributed by atoms with van der Waals surface area (Å²) >= 11 is 0. The lowest BCUT2D eigenvalue weighted by molar-refractivity contribution is -0.140. The van der Waals surface area contributed by atoms with E-state index >= 15 is 0 Å². The van der Waals surface area contributed by atoms with Crippen molar-refractivity contribution in [2.45, 2.75) is 51.4 Å². The number of pyridine rings is 1. The van der Waals surface area contributed by atoms with Gasteiger partial charge in [0.25, 0.3) is 5.91 Å². The van der Waals surface area contributed by atoms with Crippen molar-refractivity contribution < 1.29 is 22.4 Å². The Bertz CT molecular complexity index is 1380. The molecule has 1 atom stereocenters. The second-order valence-electron chi connectivity index (χ2n) is 10.1. The van der Waals surface area contributed by atoms with Gasteiger partial charge in [0.1, 0.15) is 5.82 Å². The van der Waals surface area contributed by atoms with Gasteiger partial charge in [0.05, 0.1) is 11.9 Å². The van der Waals surface area contributed by atoms with Crippen LogP contribution in [0.5, 0.6) is 0 Å². The first-order chi connectivity index (χ1) is 18.1. The molecule has 3 aromatic rings. The van der Waals surface area contributed by atoms with E-state index < -0.39 is 17.8 Å². The van der Waals surface area contributed by atoms with Gasteiger partial charge in [-0.2, -0.15) is 13.2 Å². The summed E-state index contributed by atoms with van der Waals surface area (Å²) in [7, 11) is 0. The third-order valence-electron chi connectivity index (χ3n) is 7.16. The highest BCUT2D eigenvalue weighted by molar-refractivity contribution is 5.96. The Hall–Kier alpha value is -3.75. The van der Waals surface area contributed by atoms with Crippen LogP contribution in [0.4, 0.5) is 17.6 Å². The lowest BCUT2D eigenvalue weighted by atomic mass is 9.96. The number of benzene rings is 2. The van der Waals surface area contributed by atoms with Gasteiger partial charge in [0.15, 0.2) is 5.69 Å². The van der Waals surface area contributed by atoms with E-state index in [1.165, 1.54) is 24.3 Å². The van der Waals surface area contributed by atoms with E-state index in [-0.39, 0.29) is 34.5 Å². The first kappa shape index (κ1) is 25.9. The fourth-order valence-electron chi connectivity index (χ4n) is 5.05. The van der Waals surface area contributed by atoms with E-state index in [0.29, 0.717) is 36.5 Å². The van der Waals surface area contributed by atoms with E-state index in [1.54, 1.807) is 31.2 Å². The summed E-state index contributed by atoms with van der Waals surface area (Å²) in [5, 5.41) is 11.2. The SMILES string of the molecule is Cc1cc([C@@H](NC(=O)c2cc(CN3CCCC3=N)cc(-c3cccnc3C(F)(F)F)c2)C2CC2)ccc1F. The summed E-state index contributed by atoms with van der Waals surface area (Å²) in [5.74, 6) is -0.0526. The number of aryl methyl sites for hydroxylation is 1. The van der Waals surface area contributed by atoms with Gasteiger partial charge in [0.2, 0.25) is 0 Å². The number of rotatable bonds is 7. The van der Waals surface area contributed by atoms with E-state index in [1.807, 2.05) is 4.90 Å². The van der Waals surface area contributed by atoms with Crippen LogP contribution in [0.3, 0.4) is 0 Å². The van der Waals surface area contributed by atoms with Crippen molar-refractivity contribution in [2.75, 3.05) is 6.54 Å². The number of nitrogens with zero attached hydrogens (tertiary/aromatic N) is 2. The molecule has 0 spiro atoms. The molecule has 2 aliphatic rings. The van der Waals surface area contributed by atoms with Crippen LogP contribution in [-0.4, -0.2) is 28.2 Å². The molecule has 2 N–H and O–H groups in total. The number of hydrogen-bond acceptors (Lipinski definition) is 3. The zero-order valence-electron chi connectivity index (χ0n) is 20.9. The number of carbonyl (C=O) groups excluding carboxylic acids is 1. The molecular weight excluding hydrogens is 496 g/mol. The fourth-order valence-corrected chi connectivity index (χ4v) is 5.05. The molecule has 5 nitrogen and oxygen atoms in total. The number of amides is 1. The molecule has 9 heteroatoms. The molecule has 0 bridgehead atoms. The topological polar surface area (TPSA) is 69.1 Å². The van der Waals surface area contributed by atoms with Gasteiger partial charge in [-0.25, -0.2) is 4.39 Å². The normalized spacial score (nSPS) is 16.6. The molecule has 2 heterocycles. The van der Waals surface area contributed by atoms with Gasteiger partial charge in [0, 0.05) is 36.8 Å². The highest BCUT2D eigenvalue weighted by Gasteiger charge is 2.36. The number of likely N-dealkylation sites (tertiary alicyclic amines) is 1. The van der Waals surface area contributed by atoms with Gasteiger partial charge in [-0.1, -0.05) is 18.2 Å². The number of amidine groups is 1. The maximum absolute atomic E-state index is 13.9. The van der Waals surface area contributed by atoms with Crippen LogP contribution in [0, 0.1) is 24.1 Å². The Morgan fingerprint density at radius 3 is 2.63 bits per heavy atom. The summed E-state index contributed by atoms with van der Waals surface area (Å²) in [4.78, 5) is 19.0. The molecule has 5 rings (SSSR count). The number of hydrogen-bond donors (Lipinski definition) is 2. The van der Waals surface area contributed by atoms with E-state index in [9.17, 15) is 22.4 Å². The summed E-state index contributed by atoms with van der Waals surface area (Å²) in [5.41, 5.74) is 1.25. The van der Waals surface area contributed by atoms with Crippen LogP contribution in [0.1, 0.15) is 64.5 Å². The van der Waals surface area contributed by atoms with Crippen molar-refractivity contribution in [3.05, 3.63) is 88.5 Å². The molecule has 1 saturated heterocycles. The third kappa shape index (κ3) is 5.56. The lowest BCUT2D eigenvalue weighted by Crippen LogP contribution is -2.30. The van der Waals surface area contributed by atoms with E-state index in [4.69, 9.17) is 5.41 Å². The molecule has 0 radical (unpaired) electrons. The van der Waals surface area contributed by atoms with Crippen molar-refractivity contribution in [3.63, 3.8) is 0 Å². The molecule has 2 aromatic carbocycles. The maximum Gasteiger partial charge on any atom is 0.433 e. The van der Waals surface area contributed by atoms with Crippen molar-refractivity contribution in [2.24, 2.45) is 5.92 Å². The standard InChI is InChI=1S/C29H28F4N4O/c1-17-12-20(8-9-24(17)30)26(19-6-7-19)36-28(38)22-14-18(16-37-11-3-5-25(37)34)13-21(15-22)23-4-2-10-35-27(23)29(31,32)33/h2,4,8-10,12-15,19,26,34H,3,5-7,11,16H2,1H3,(H,36,38)/t26-/m0/s1. The Labute approximate surface area is 218 Å². The molecule has 1 amide bonds. The van der Waals surface area contributed by atoms with E-state index in [2.05, 4.69) is 10.3 Å². The van der Waals surface area contributed by atoms with Gasteiger partial charge >= 0.3 is 6.18 Å². The van der Waals surface area contributed by atoms with Gasteiger partial charge < -0.3 is 10.2 Å². The predicted molar refractivity (Wildman–Crippen MR) is 136 cm³/mol. The number of alkyl halides is 3. The predicted octanol–water partition coefficient (Wildman–Crippen LogP) is 6.67. The minimum atomic E-state index is -4.66. The monoisotopic (exact) mass is 524 g/mol. The summed E-state index contributed by atoms with van der Waals surface area (Å²) < 4.78 is 55.2. The summed E-state index contributed by atoms with van der Waals surface area (Å²) in [6.07, 6.45) is -0.229. The Balaban J connectivity index is 1.52. The molecule has 1 aliphatic carbocycles. The van der Waals surface area contributed by atoms with Crippen LogP contribution in [0.2, 0.25) is 0 Å². The van der Waals surface area contributed by atoms with Crippen LogP contribution < -0.4 is 5.32 Å². The number of aromatic nitrogens is 1. The van der Waals surface area contributed by atoms with Gasteiger partial charge in [-0.15, -0.1) is 0 Å². The number of nitrogens with one attached hydrogen (secondary N) is 2. The minimum absolute atomic E-state index is 0.111. The first-order valence-electron chi connectivity index (χ1n) is 12.7. The zero-order valence-corrected chi connectivity index (χ0v) is 20.9. The summed E-state index contributed by atoms with van der Waals surface area (Å²) in [6, 6.07) is 12.0. The van der Waals surface area contributed by atoms with Gasteiger partial charge in [-0.05, 0) is 84.7 Å². The Morgan fingerprint density at radius 2 is 1.97 bits per heavy atom. The highest BCUT2D eigenvalue weighted by Crippen LogP contribution is 2.42. The van der Waals surface area contributed by atoms with Crippen molar-refractivity contribution >= 4 is 11.7 Å². The summed E-state index contributed by atoms with van der Waals surface area (Å²) in [6.45, 7) is 2.67. The van der Waals surface area contributed by atoms with Crippen LogP contribution >= 0.6 is 0 Å². The van der Waals surface area contributed by atoms with Crippen molar-refractivity contribution in [1.82, 2.24) is 15.2 Å². The van der Waals surface area contributed by atoms with Crippen LogP contribution in [-0.2, 0) is 12.7 Å². The average Bonchev–Trinajstić information content (AvgIpc) is 3.65. The van der Waals surface area contributed by atoms with Crippen molar-refractivity contribution in [3.8, 4) is 11.1 Å². The molecule has 38 heavy (non-hydrogen) atoms. The van der Waals surface area contributed by atoms with Crippen LogP contribution in [0.25, 0.3) is 11.1 Å². The Morgan fingerprint density at radius 1 is 1.18 bits per heavy atom. The van der Waals surface area contributed by atoms with Crippen molar-refractivity contribution in [1.29, 1.82) is 5.41 Å². The Kier molecular flexibility index (Phi) is 6.94. The molecule has 1 aromatic heterocycles. The van der Waals surface area contributed by atoms with Crippen LogP contribution in [0.15, 0.2) is 54.7 Å². The third-order valence-corrected chi connectivity index (χ3v) is 7.16. The molecule has 2 fully saturated rings. The minimum Gasteiger partial charge on any atom is -0.356 e. The zero-order chi connectivity index (χ0) is 27.0. The molecule has 0 unspecified atom stereocenters. The first-order valence-corrected chi connectivity index (χ1v) is 12.7. The fraction of sp³-hybridized carbons (Fsp3) is 0.345. The molecule has 1 aliphatic heterocycles. The van der Waals surface area contributed by atoms with Gasteiger partial charge in [-0.3, -0.25) is 15.2 Å². The highest BCUT2D eigenvalue weighted by atomic mass is 19.4. The maximum atomic E-state index is 13.9. The second-order valence-corrected chi connectivity index (χ2v) is 10.1. The largest absolute Gasteiger partial charge is 0.433 e. The average molecular weight is 525 g/mol. The smallest absolute Gasteiger partial charge is 0.356 e. The molecule has 1 saturated carbocycles. The molecule has 198 valence electrons. The second kappa shape index (κ2) is 10.2. The quantitative estimate of drug-likeness (QED) is 0.339. The lowest BCUT2D eigenvalue weighted by Gasteiger charge is -2.22. The number of halogens is 4. The molecular formula is C29H28F4N4O.